The van der Waals surface area contributed by atoms with Gasteiger partial charge in [0.1, 0.15) is 18.1 Å². The van der Waals surface area contributed by atoms with Crippen LogP contribution in [0.25, 0.3) is 0 Å². The molecule has 3 aromatic rings. The van der Waals surface area contributed by atoms with Crippen LogP contribution >= 0.6 is 11.6 Å². The maximum atomic E-state index is 13.1. The van der Waals surface area contributed by atoms with E-state index in [1.165, 1.54) is 18.2 Å². The number of carboxylic acid groups (broad SMARTS) is 2. The van der Waals surface area contributed by atoms with Crippen LogP contribution < -0.4 is 24.3 Å². The highest BCUT2D eigenvalue weighted by Crippen LogP contribution is 2.37. The van der Waals surface area contributed by atoms with E-state index in [0.717, 1.165) is 11.1 Å². The number of ether oxygens (including phenoxy) is 4. The number of carboxylic acids is 2. The molecule has 10 nitrogen and oxygen atoms in total. The lowest BCUT2D eigenvalue weighted by Gasteiger charge is -2.27. The first-order chi connectivity index (χ1) is 20.8. The molecule has 11 heteroatoms. The van der Waals surface area contributed by atoms with Gasteiger partial charge in [-0.1, -0.05) is 30.2 Å². The van der Waals surface area contributed by atoms with Crippen LogP contribution in [0.4, 0.5) is 0 Å². The molecule has 1 fully saturated rings. The van der Waals surface area contributed by atoms with Crippen LogP contribution in [0.1, 0.15) is 63.9 Å². The highest BCUT2D eigenvalue weighted by Gasteiger charge is 2.29. The number of hydrogen-bond acceptors (Lipinski definition) is 7. The number of fused-ring (bicyclic) bond motifs is 1. The normalized spacial score (nSPS) is 17.2. The summed E-state index contributed by atoms with van der Waals surface area (Å²) in [4.78, 5) is 36.1. The highest BCUT2D eigenvalue weighted by molar-refractivity contribution is 6.31. The van der Waals surface area contributed by atoms with Crippen molar-refractivity contribution in [3.63, 3.8) is 0 Å². The summed E-state index contributed by atoms with van der Waals surface area (Å²) in [5.41, 5.74) is 1.94. The number of amides is 1. The minimum absolute atomic E-state index is 0.0346. The summed E-state index contributed by atoms with van der Waals surface area (Å²) in [7, 11) is 0. The SMILES string of the molecule is O=C(O)c1ccc(OCCCc2ccc(OCc3cc4c(cc3Cl)OCO4)cc2)c(C(=O)NC2CCCC(C(=O)O)C2)c1. The van der Waals surface area contributed by atoms with Gasteiger partial charge in [-0.25, -0.2) is 4.79 Å². The lowest BCUT2D eigenvalue weighted by molar-refractivity contribution is -0.143. The Bertz CT molecular complexity index is 1490. The average molecular weight is 610 g/mol. The molecule has 43 heavy (non-hydrogen) atoms. The van der Waals surface area contributed by atoms with Crippen LogP contribution in [0.3, 0.4) is 0 Å². The quantitative estimate of drug-likeness (QED) is 0.220. The fourth-order valence-corrected chi connectivity index (χ4v) is 5.42. The largest absolute Gasteiger partial charge is 0.493 e. The molecule has 226 valence electrons. The first-order valence-electron chi connectivity index (χ1n) is 14.1. The number of nitrogens with one attached hydrogen (secondary N) is 1. The smallest absolute Gasteiger partial charge is 0.335 e. The molecule has 5 rings (SSSR count). The van der Waals surface area contributed by atoms with Crippen molar-refractivity contribution in [1.82, 2.24) is 5.32 Å². The Hall–Kier alpha value is -4.44. The van der Waals surface area contributed by atoms with Gasteiger partial charge < -0.3 is 34.5 Å². The van der Waals surface area contributed by atoms with Crippen LogP contribution in [-0.2, 0) is 17.8 Å². The van der Waals surface area contributed by atoms with Gasteiger partial charge in [-0.15, -0.1) is 0 Å². The van der Waals surface area contributed by atoms with Gasteiger partial charge in [0.25, 0.3) is 5.91 Å². The first-order valence-corrected chi connectivity index (χ1v) is 14.5. The fraction of sp³-hybridized carbons (Fsp3) is 0.344. The van der Waals surface area contributed by atoms with Gasteiger partial charge >= 0.3 is 11.9 Å². The molecule has 2 unspecified atom stereocenters. The predicted molar refractivity (Wildman–Crippen MR) is 156 cm³/mol. The summed E-state index contributed by atoms with van der Waals surface area (Å²) >= 11 is 6.33. The van der Waals surface area contributed by atoms with Crippen molar-refractivity contribution in [3.8, 4) is 23.0 Å². The number of rotatable bonds is 12. The second-order valence-corrected chi connectivity index (χ2v) is 11.0. The summed E-state index contributed by atoms with van der Waals surface area (Å²) in [5, 5.41) is 22.2. The third-order valence-electron chi connectivity index (χ3n) is 7.56. The number of aliphatic carboxylic acids is 1. The summed E-state index contributed by atoms with van der Waals surface area (Å²) < 4.78 is 22.5. The third kappa shape index (κ3) is 7.70. The molecule has 0 radical (unpaired) electrons. The molecular weight excluding hydrogens is 578 g/mol. The number of aromatic carboxylic acids is 1. The average Bonchev–Trinajstić information content (AvgIpc) is 3.45. The first kappa shape index (κ1) is 30.0. The monoisotopic (exact) mass is 609 g/mol. The molecule has 2 atom stereocenters. The molecule has 1 saturated carbocycles. The van der Waals surface area contributed by atoms with E-state index in [4.69, 9.17) is 30.5 Å². The van der Waals surface area contributed by atoms with Crippen molar-refractivity contribution < 1.29 is 43.5 Å². The van der Waals surface area contributed by atoms with Crippen LogP contribution in [0, 0.1) is 5.92 Å². The topological polar surface area (TPSA) is 141 Å². The van der Waals surface area contributed by atoms with Crippen molar-refractivity contribution in [2.45, 2.75) is 51.2 Å². The Balaban J connectivity index is 1.13. The van der Waals surface area contributed by atoms with Gasteiger partial charge in [0.15, 0.2) is 11.5 Å². The number of hydrogen-bond donors (Lipinski definition) is 3. The van der Waals surface area contributed by atoms with E-state index in [1.54, 1.807) is 6.07 Å². The molecule has 1 aliphatic heterocycles. The Kier molecular flexibility index (Phi) is 9.56. The zero-order valence-electron chi connectivity index (χ0n) is 23.3. The van der Waals surface area contributed by atoms with E-state index in [-0.39, 0.29) is 36.3 Å². The summed E-state index contributed by atoms with van der Waals surface area (Å²) in [6, 6.07) is 15.1. The van der Waals surface area contributed by atoms with Gasteiger partial charge in [0, 0.05) is 17.7 Å². The number of benzene rings is 3. The molecule has 3 N–H and O–H groups in total. The van der Waals surface area contributed by atoms with Gasteiger partial charge in [0.05, 0.1) is 28.7 Å². The van der Waals surface area contributed by atoms with E-state index in [1.807, 2.05) is 30.3 Å². The molecule has 2 aliphatic rings. The van der Waals surface area contributed by atoms with E-state index in [2.05, 4.69) is 5.32 Å². The number of carbonyl (C=O) groups excluding carboxylic acids is 1. The van der Waals surface area contributed by atoms with Crippen LogP contribution in [-0.4, -0.2) is 47.5 Å². The van der Waals surface area contributed by atoms with Crippen molar-refractivity contribution in [2.24, 2.45) is 5.92 Å². The predicted octanol–water partition coefficient (Wildman–Crippen LogP) is 5.73. The lowest BCUT2D eigenvalue weighted by Crippen LogP contribution is -2.40. The molecule has 1 aliphatic carbocycles. The van der Waals surface area contributed by atoms with Crippen LogP contribution in [0.15, 0.2) is 54.6 Å². The fourth-order valence-electron chi connectivity index (χ4n) is 5.22. The number of carbonyl (C=O) groups is 3. The van der Waals surface area contributed by atoms with Crippen LogP contribution in [0.5, 0.6) is 23.0 Å². The standard InChI is InChI=1S/C32H32ClNO9/c33-26-16-29-28(42-18-43-29)15-22(26)17-41-24-9-6-19(7-10-24)3-2-12-40-27-11-8-21(32(38)39)14-25(27)30(35)34-23-5-1-4-20(13-23)31(36)37/h6-11,14-16,20,23H,1-5,12-13,17-18H2,(H,34,35)(H,36,37)(H,38,39). The van der Waals surface area contributed by atoms with E-state index >= 15 is 0 Å². The van der Waals surface area contributed by atoms with Gasteiger partial charge in [-0.3, -0.25) is 9.59 Å². The van der Waals surface area contributed by atoms with Crippen molar-refractivity contribution >= 4 is 29.4 Å². The molecule has 0 bridgehead atoms. The van der Waals surface area contributed by atoms with Crippen LogP contribution in [0.2, 0.25) is 5.02 Å². The molecule has 0 spiro atoms. The number of aryl methyl sites for hydroxylation is 1. The summed E-state index contributed by atoms with van der Waals surface area (Å²) in [6.45, 7) is 0.755. The third-order valence-corrected chi connectivity index (χ3v) is 7.91. The van der Waals surface area contributed by atoms with Crippen molar-refractivity contribution in [2.75, 3.05) is 13.4 Å². The zero-order chi connectivity index (χ0) is 30.3. The number of halogens is 1. The van der Waals surface area contributed by atoms with Crippen molar-refractivity contribution in [3.05, 3.63) is 81.9 Å². The van der Waals surface area contributed by atoms with Crippen molar-refractivity contribution in [1.29, 1.82) is 0 Å². The Morgan fingerprint density at radius 3 is 2.47 bits per heavy atom. The second-order valence-electron chi connectivity index (χ2n) is 10.6. The minimum Gasteiger partial charge on any atom is -0.493 e. The molecule has 0 aromatic heterocycles. The highest BCUT2D eigenvalue weighted by atomic mass is 35.5. The molecule has 1 heterocycles. The van der Waals surface area contributed by atoms with E-state index in [0.29, 0.717) is 67.4 Å². The maximum Gasteiger partial charge on any atom is 0.335 e. The maximum absolute atomic E-state index is 13.1. The summed E-state index contributed by atoms with van der Waals surface area (Å²) in [6.07, 6.45) is 3.64. The Morgan fingerprint density at radius 1 is 0.953 bits per heavy atom. The Labute approximate surface area is 253 Å². The minimum atomic E-state index is -1.16. The molecule has 0 saturated heterocycles. The molecule has 1 amide bonds. The van der Waals surface area contributed by atoms with Gasteiger partial charge in [-0.05, 0) is 74.1 Å². The summed E-state index contributed by atoms with van der Waals surface area (Å²) in [5.74, 6) is -0.784. The van der Waals surface area contributed by atoms with E-state index in [9.17, 15) is 24.6 Å². The molecule has 3 aromatic carbocycles. The lowest BCUT2D eigenvalue weighted by atomic mass is 9.85. The molecular formula is C32H32ClNO9. The van der Waals surface area contributed by atoms with Gasteiger partial charge in [0.2, 0.25) is 6.79 Å². The Morgan fingerprint density at radius 2 is 1.72 bits per heavy atom. The van der Waals surface area contributed by atoms with Gasteiger partial charge in [-0.2, -0.15) is 0 Å². The van der Waals surface area contributed by atoms with E-state index < -0.39 is 23.8 Å². The zero-order valence-corrected chi connectivity index (χ0v) is 24.1. The second kappa shape index (κ2) is 13.7.